The Balaban J connectivity index is 0.00000243. The number of rotatable bonds is 4. The van der Waals surface area contributed by atoms with Crippen molar-refractivity contribution in [3.05, 3.63) is 65.2 Å². The summed E-state index contributed by atoms with van der Waals surface area (Å²) in [6.07, 6.45) is 0. The van der Waals surface area contributed by atoms with Crippen LogP contribution in [0.5, 0.6) is 5.75 Å². The molecule has 0 unspecified atom stereocenters. The van der Waals surface area contributed by atoms with Crippen molar-refractivity contribution >= 4 is 18.3 Å². The quantitative estimate of drug-likeness (QED) is 0.883. The summed E-state index contributed by atoms with van der Waals surface area (Å²) in [5.41, 5.74) is 6.59. The van der Waals surface area contributed by atoms with Crippen LogP contribution in [0, 0.1) is 17.6 Å². The summed E-state index contributed by atoms with van der Waals surface area (Å²) in [6, 6.07) is 11.7. The fourth-order valence-corrected chi connectivity index (χ4v) is 3.44. The minimum atomic E-state index is -0.796. The third-order valence-electron chi connectivity index (χ3n) is 4.74. The molecule has 0 aromatic heterocycles. The van der Waals surface area contributed by atoms with E-state index in [2.05, 4.69) is 0 Å². The third kappa shape index (κ3) is 3.66. The predicted octanol–water partition coefficient (Wildman–Crippen LogP) is 3.21. The van der Waals surface area contributed by atoms with Crippen LogP contribution in [0.25, 0.3) is 0 Å². The van der Waals surface area contributed by atoms with Gasteiger partial charge in [0, 0.05) is 19.0 Å². The summed E-state index contributed by atoms with van der Waals surface area (Å²) in [5, 5.41) is 0. The number of nitrogens with zero attached hydrogens (tertiary/aromatic N) is 1. The number of halogens is 3. The van der Waals surface area contributed by atoms with Crippen LogP contribution >= 0.6 is 12.4 Å². The van der Waals surface area contributed by atoms with E-state index in [9.17, 15) is 13.6 Å². The van der Waals surface area contributed by atoms with Crippen molar-refractivity contribution in [2.45, 2.75) is 5.92 Å². The highest BCUT2D eigenvalue weighted by molar-refractivity contribution is 5.97. The highest BCUT2D eigenvalue weighted by Crippen LogP contribution is 2.35. The highest BCUT2D eigenvalue weighted by atomic mass is 35.5. The highest BCUT2D eigenvalue weighted by Gasteiger charge is 2.37. The summed E-state index contributed by atoms with van der Waals surface area (Å²) in [4.78, 5) is 14.4. The molecule has 2 aromatic carbocycles. The lowest BCUT2D eigenvalue weighted by atomic mass is 9.89. The number of amides is 1. The van der Waals surface area contributed by atoms with Gasteiger partial charge < -0.3 is 15.4 Å². The number of benzene rings is 2. The van der Waals surface area contributed by atoms with Crippen molar-refractivity contribution < 1.29 is 18.3 Å². The smallest absolute Gasteiger partial charge is 0.260 e. The molecule has 0 radical (unpaired) electrons. The first-order valence-electron chi connectivity index (χ1n) is 8.13. The van der Waals surface area contributed by atoms with Gasteiger partial charge >= 0.3 is 0 Å². The van der Waals surface area contributed by atoms with E-state index in [4.69, 9.17) is 10.5 Å². The summed E-state index contributed by atoms with van der Waals surface area (Å²) in [6.45, 7) is 1.21. The number of carbonyl (C=O) groups is 1. The van der Waals surface area contributed by atoms with Gasteiger partial charge in [0.15, 0.2) is 11.6 Å². The van der Waals surface area contributed by atoms with Crippen LogP contribution in [0.1, 0.15) is 21.8 Å². The predicted molar refractivity (Wildman–Crippen MR) is 97.8 cm³/mol. The number of hydrogen-bond acceptors (Lipinski definition) is 3. The van der Waals surface area contributed by atoms with E-state index < -0.39 is 17.5 Å². The zero-order chi connectivity index (χ0) is 18.0. The van der Waals surface area contributed by atoms with Crippen molar-refractivity contribution in [1.82, 2.24) is 4.90 Å². The van der Waals surface area contributed by atoms with Crippen molar-refractivity contribution in [1.29, 1.82) is 0 Å². The summed E-state index contributed by atoms with van der Waals surface area (Å²) < 4.78 is 33.0. The van der Waals surface area contributed by atoms with Crippen LogP contribution in [-0.4, -0.2) is 37.6 Å². The van der Waals surface area contributed by atoms with Crippen LogP contribution in [0.4, 0.5) is 8.78 Å². The molecule has 0 saturated carbocycles. The Morgan fingerprint density at radius 3 is 2.42 bits per heavy atom. The normalized spacial score (nSPS) is 19.2. The Hall–Kier alpha value is -2.18. The molecule has 4 nitrogen and oxygen atoms in total. The molecule has 3 rings (SSSR count). The van der Waals surface area contributed by atoms with E-state index in [-0.39, 0.29) is 35.6 Å². The van der Waals surface area contributed by atoms with Gasteiger partial charge in [-0.05, 0) is 30.2 Å². The lowest BCUT2D eigenvalue weighted by Gasteiger charge is -2.19. The van der Waals surface area contributed by atoms with Crippen molar-refractivity contribution in [3.8, 4) is 5.75 Å². The summed E-state index contributed by atoms with van der Waals surface area (Å²) >= 11 is 0. The van der Waals surface area contributed by atoms with Gasteiger partial charge in [-0.15, -0.1) is 12.4 Å². The second-order valence-electron chi connectivity index (χ2n) is 6.16. The average molecular weight is 383 g/mol. The zero-order valence-corrected chi connectivity index (χ0v) is 15.1. The first kappa shape index (κ1) is 20.1. The number of nitrogens with two attached hydrogens (primary N) is 1. The first-order valence-corrected chi connectivity index (χ1v) is 8.13. The molecule has 2 N–H and O–H groups in total. The summed E-state index contributed by atoms with van der Waals surface area (Å²) in [5.74, 6) is -2.37. The Kier molecular flexibility index (Phi) is 6.56. The molecule has 1 saturated heterocycles. The molecule has 2 atom stereocenters. The van der Waals surface area contributed by atoms with Gasteiger partial charge in [-0.3, -0.25) is 4.79 Å². The van der Waals surface area contributed by atoms with E-state index in [0.717, 1.165) is 17.7 Å². The molecule has 1 aliphatic rings. The second-order valence-corrected chi connectivity index (χ2v) is 6.16. The maximum atomic E-state index is 14.2. The molecule has 1 fully saturated rings. The van der Waals surface area contributed by atoms with Gasteiger partial charge in [-0.1, -0.05) is 30.3 Å². The SMILES string of the molecule is COc1c(F)ccc(F)c1C(=O)N1C[C@@H](CN)[C@H](c2ccccc2)C1.Cl. The molecular formula is C19H21ClF2N2O2. The lowest BCUT2D eigenvalue weighted by Crippen LogP contribution is -2.31. The number of likely N-dealkylation sites (tertiary alicyclic amines) is 1. The Morgan fingerprint density at radius 1 is 1.15 bits per heavy atom. The molecule has 1 heterocycles. The van der Waals surface area contributed by atoms with E-state index in [1.807, 2.05) is 30.3 Å². The Bertz CT molecular complexity index is 774. The van der Waals surface area contributed by atoms with E-state index >= 15 is 0 Å². The molecule has 7 heteroatoms. The van der Waals surface area contributed by atoms with E-state index in [1.54, 1.807) is 0 Å². The third-order valence-corrected chi connectivity index (χ3v) is 4.74. The van der Waals surface area contributed by atoms with Gasteiger partial charge in [-0.25, -0.2) is 8.78 Å². The van der Waals surface area contributed by atoms with Crippen LogP contribution < -0.4 is 10.5 Å². The van der Waals surface area contributed by atoms with E-state index in [1.165, 1.54) is 12.0 Å². The molecule has 1 amide bonds. The van der Waals surface area contributed by atoms with Crippen molar-refractivity contribution in [2.75, 3.05) is 26.7 Å². The average Bonchev–Trinajstić information content (AvgIpc) is 3.08. The largest absolute Gasteiger partial charge is 0.493 e. The minimum Gasteiger partial charge on any atom is -0.493 e. The van der Waals surface area contributed by atoms with Gasteiger partial charge in [0.25, 0.3) is 5.91 Å². The maximum Gasteiger partial charge on any atom is 0.260 e. The molecule has 2 aromatic rings. The molecule has 0 spiro atoms. The lowest BCUT2D eigenvalue weighted by molar-refractivity contribution is 0.0777. The second kappa shape index (κ2) is 8.47. The maximum absolute atomic E-state index is 14.2. The minimum absolute atomic E-state index is 0. The van der Waals surface area contributed by atoms with Crippen molar-refractivity contribution in [2.24, 2.45) is 11.7 Å². The zero-order valence-electron chi connectivity index (χ0n) is 14.3. The van der Waals surface area contributed by atoms with Crippen LogP contribution in [0.3, 0.4) is 0 Å². The molecule has 0 bridgehead atoms. The van der Waals surface area contributed by atoms with Gasteiger partial charge in [0.2, 0.25) is 0 Å². The van der Waals surface area contributed by atoms with Crippen molar-refractivity contribution in [3.63, 3.8) is 0 Å². The molecule has 140 valence electrons. The van der Waals surface area contributed by atoms with Crippen LogP contribution in [0.15, 0.2) is 42.5 Å². The molecule has 1 aliphatic heterocycles. The molecular weight excluding hydrogens is 362 g/mol. The monoisotopic (exact) mass is 382 g/mol. The van der Waals surface area contributed by atoms with Gasteiger partial charge in [0.05, 0.1) is 7.11 Å². The van der Waals surface area contributed by atoms with Crippen LogP contribution in [-0.2, 0) is 0 Å². The number of hydrogen-bond donors (Lipinski definition) is 1. The number of methoxy groups -OCH3 is 1. The molecule has 0 aliphatic carbocycles. The fourth-order valence-electron chi connectivity index (χ4n) is 3.44. The first-order chi connectivity index (χ1) is 12.1. The van der Waals surface area contributed by atoms with Gasteiger partial charge in [-0.2, -0.15) is 0 Å². The number of ether oxygens (including phenoxy) is 1. The van der Waals surface area contributed by atoms with E-state index in [0.29, 0.717) is 19.6 Å². The fraction of sp³-hybridized carbons (Fsp3) is 0.316. The molecule has 26 heavy (non-hydrogen) atoms. The summed E-state index contributed by atoms with van der Waals surface area (Å²) in [7, 11) is 1.22. The standard InChI is InChI=1S/C19H20F2N2O2.ClH/c1-25-18-16(21)8-7-15(20)17(18)19(24)23-10-13(9-22)14(11-23)12-5-3-2-4-6-12;/h2-8,13-14H,9-11,22H2,1H3;1H/t13-,14+;/m1./s1. The number of carbonyl (C=O) groups excluding carboxylic acids is 1. The Labute approximate surface area is 157 Å². The Morgan fingerprint density at radius 2 is 1.81 bits per heavy atom. The topological polar surface area (TPSA) is 55.6 Å². The van der Waals surface area contributed by atoms with Crippen LogP contribution in [0.2, 0.25) is 0 Å². The van der Waals surface area contributed by atoms with Gasteiger partial charge in [0.1, 0.15) is 11.4 Å².